The summed E-state index contributed by atoms with van der Waals surface area (Å²) in [5, 5.41) is 8.43. The Labute approximate surface area is 91.9 Å². The lowest BCUT2D eigenvalue weighted by atomic mass is 9.89. The second kappa shape index (κ2) is 3.52. The highest BCUT2D eigenvalue weighted by Gasteiger charge is 2.48. The molecule has 0 radical (unpaired) electrons. The molecule has 2 unspecified atom stereocenters. The molecule has 15 heavy (non-hydrogen) atoms. The Balaban J connectivity index is 2.14. The average Bonchev–Trinajstić information content (AvgIpc) is 2.46. The van der Waals surface area contributed by atoms with Gasteiger partial charge in [-0.15, -0.1) is 0 Å². The quantitative estimate of drug-likeness (QED) is 0.522. The molecule has 4 atom stereocenters. The third-order valence-corrected chi connectivity index (χ3v) is 3.25. The first-order valence-electron chi connectivity index (χ1n) is 4.70. The zero-order valence-corrected chi connectivity index (χ0v) is 8.98. The Morgan fingerprint density at radius 2 is 2.33 bits per heavy atom. The van der Waals surface area contributed by atoms with Crippen LogP contribution in [-0.2, 0) is 14.3 Å². The number of aliphatic imine (C=N–C) groups is 1. The van der Waals surface area contributed by atoms with Crippen molar-refractivity contribution in [2.24, 2.45) is 10.9 Å². The second-order valence-electron chi connectivity index (χ2n) is 3.81. The molecule has 2 rings (SSSR count). The number of aliphatic carboxylic acids is 1. The van der Waals surface area contributed by atoms with Gasteiger partial charge in [0.05, 0.1) is 11.3 Å². The maximum Gasteiger partial charge on any atom is 0.350 e. The van der Waals surface area contributed by atoms with Crippen LogP contribution in [0.4, 0.5) is 0 Å². The predicted octanol–water partition coefficient (Wildman–Crippen LogP) is 0.144. The number of carboxylic acids is 1. The van der Waals surface area contributed by atoms with Crippen LogP contribution in [0.2, 0.25) is 0 Å². The van der Waals surface area contributed by atoms with E-state index in [-0.39, 0.29) is 35.0 Å². The van der Waals surface area contributed by atoms with Gasteiger partial charge in [0, 0.05) is 0 Å². The Morgan fingerprint density at radius 1 is 1.67 bits per heavy atom. The third-order valence-electron chi connectivity index (χ3n) is 2.80. The SMILES string of the molecule is C[C@H]1OC(=O)[C@H]1C1CC(S)C(C(=O)O)=N1. The predicted molar refractivity (Wildman–Crippen MR) is 55.3 cm³/mol. The molecule has 6 heteroatoms. The molecule has 2 aliphatic rings. The number of carbonyl (C=O) groups is 2. The number of rotatable bonds is 2. The van der Waals surface area contributed by atoms with E-state index >= 15 is 0 Å². The van der Waals surface area contributed by atoms with E-state index in [4.69, 9.17) is 9.84 Å². The van der Waals surface area contributed by atoms with Gasteiger partial charge in [0.2, 0.25) is 0 Å². The summed E-state index contributed by atoms with van der Waals surface area (Å²) in [7, 11) is 0. The summed E-state index contributed by atoms with van der Waals surface area (Å²) in [5.74, 6) is -1.64. The van der Waals surface area contributed by atoms with Gasteiger partial charge < -0.3 is 9.84 Å². The number of ether oxygens (including phenoxy) is 1. The van der Waals surface area contributed by atoms with Crippen molar-refractivity contribution < 1.29 is 19.4 Å². The number of carboxylic acid groups (broad SMARTS) is 1. The molecular weight excluding hydrogens is 218 g/mol. The Hall–Kier alpha value is -1.04. The summed E-state index contributed by atoms with van der Waals surface area (Å²) in [5.41, 5.74) is 0.0511. The van der Waals surface area contributed by atoms with Gasteiger partial charge in [0.25, 0.3) is 0 Å². The topological polar surface area (TPSA) is 76.0 Å². The molecule has 1 N–H and O–H groups in total. The van der Waals surface area contributed by atoms with Crippen molar-refractivity contribution in [3.8, 4) is 0 Å². The van der Waals surface area contributed by atoms with E-state index in [1.807, 2.05) is 0 Å². The molecule has 0 amide bonds. The fraction of sp³-hybridized carbons (Fsp3) is 0.667. The van der Waals surface area contributed by atoms with Gasteiger partial charge in [0.1, 0.15) is 17.7 Å². The van der Waals surface area contributed by atoms with Gasteiger partial charge >= 0.3 is 11.9 Å². The molecule has 0 saturated carbocycles. The Kier molecular flexibility index (Phi) is 2.46. The van der Waals surface area contributed by atoms with Crippen LogP contribution >= 0.6 is 12.6 Å². The smallest absolute Gasteiger partial charge is 0.350 e. The van der Waals surface area contributed by atoms with Gasteiger partial charge in [-0.25, -0.2) is 4.79 Å². The standard InChI is InChI=1S/C9H11NO4S/c1-3-6(9(13)14-3)4-2-5(15)7(10-4)8(11)12/h3-6,15H,2H2,1H3,(H,11,12)/t3-,4?,5?,6-/m1/s1. The van der Waals surface area contributed by atoms with Crippen LogP contribution in [-0.4, -0.2) is 40.2 Å². The number of cyclic esters (lactones) is 1. The number of nitrogens with zero attached hydrogens (tertiary/aromatic N) is 1. The van der Waals surface area contributed by atoms with Gasteiger partial charge in [-0.1, -0.05) is 0 Å². The van der Waals surface area contributed by atoms with E-state index in [1.165, 1.54) is 0 Å². The normalized spacial score (nSPS) is 39.3. The first kappa shape index (κ1) is 10.5. The number of thiol groups is 1. The number of hydrogen-bond acceptors (Lipinski definition) is 5. The molecule has 0 spiro atoms. The van der Waals surface area contributed by atoms with E-state index in [0.717, 1.165) is 0 Å². The molecule has 0 bridgehead atoms. The largest absolute Gasteiger partial charge is 0.477 e. The highest BCUT2D eigenvalue weighted by molar-refractivity contribution is 7.82. The van der Waals surface area contributed by atoms with Crippen LogP contribution in [0.15, 0.2) is 4.99 Å². The molecule has 2 heterocycles. The summed E-state index contributed by atoms with van der Waals surface area (Å²) in [6, 6.07) is -0.283. The first-order chi connectivity index (χ1) is 7.00. The van der Waals surface area contributed by atoms with Crippen molar-refractivity contribution in [3.05, 3.63) is 0 Å². The van der Waals surface area contributed by atoms with Crippen molar-refractivity contribution in [3.63, 3.8) is 0 Å². The van der Waals surface area contributed by atoms with E-state index < -0.39 is 5.97 Å². The molecule has 2 aliphatic heterocycles. The van der Waals surface area contributed by atoms with Crippen molar-refractivity contribution >= 4 is 30.3 Å². The molecule has 0 aliphatic carbocycles. The number of hydrogen-bond donors (Lipinski definition) is 2. The van der Waals surface area contributed by atoms with Crippen LogP contribution in [0, 0.1) is 5.92 Å². The monoisotopic (exact) mass is 229 g/mol. The van der Waals surface area contributed by atoms with E-state index in [2.05, 4.69) is 17.6 Å². The minimum Gasteiger partial charge on any atom is -0.477 e. The van der Waals surface area contributed by atoms with E-state index in [0.29, 0.717) is 6.42 Å². The highest BCUT2D eigenvalue weighted by Crippen LogP contribution is 2.33. The summed E-state index contributed by atoms with van der Waals surface area (Å²) in [6.45, 7) is 1.79. The Bertz CT molecular complexity index is 354. The summed E-state index contributed by atoms with van der Waals surface area (Å²) in [6.07, 6.45) is 0.328. The van der Waals surface area contributed by atoms with Crippen molar-refractivity contribution in [1.82, 2.24) is 0 Å². The Morgan fingerprint density at radius 3 is 2.73 bits per heavy atom. The van der Waals surface area contributed by atoms with E-state index in [1.54, 1.807) is 6.92 Å². The summed E-state index contributed by atoms with van der Waals surface area (Å²) in [4.78, 5) is 25.9. The molecule has 1 fully saturated rings. The van der Waals surface area contributed by atoms with E-state index in [9.17, 15) is 9.59 Å². The number of carbonyl (C=O) groups excluding carboxylic acids is 1. The van der Waals surface area contributed by atoms with Crippen LogP contribution in [0.25, 0.3) is 0 Å². The van der Waals surface area contributed by atoms with Crippen LogP contribution < -0.4 is 0 Å². The summed E-state index contributed by atoms with van der Waals surface area (Å²) < 4.78 is 4.81. The molecular formula is C9H11NO4S. The molecule has 0 aromatic carbocycles. The average molecular weight is 229 g/mol. The highest BCUT2D eigenvalue weighted by atomic mass is 32.1. The molecule has 0 aromatic rings. The van der Waals surface area contributed by atoms with Gasteiger partial charge in [-0.3, -0.25) is 9.79 Å². The lowest BCUT2D eigenvalue weighted by Crippen LogP contribution is -2.48. The van der Waals surface area contributed by atoms with Gasteiger partial charge in [-0.05, 0) is 13.3 Å². The van der Waals surface area contributed by atoms with Gasteiger partial charge in [0.15, 0.2) is 0 Å². The minimum absolute atomic E-state index is 0.0511. The zero-order chi connectivity index (χ0) is 11.2. The van der Waals surface area contributed by atoms with Crippen LogP contribution in [0.3, 0.4) is 0 Å². The van der Waals surface area contributed by atoms with Gasteiger partial charge in [-0.2, -0.15) is 12.6 Å². The molecule has 1 saturated heterocycles. The molecule has 0 aromatic heterocycles. The zero-order valence-electron chi connectivity index (χ0n) is 8.08. The molecule has 82 valence electrons. The van der Waals surface area contributed by atoms with Crippen LogP contribution in [0.1, 0.15) is 13.3 Å². The molecule has 5 nitrogen and oxygen atoms in total. The third kappa shape index (κ3) is 1.62. The van der Waals surface area contributed by atoms with Crippen molar-refractivity contribution in [1.29, 1.82) is 0 Å². The maximum atomic E-state index is 11.1. The maximum absolute atomic E-state index is 11.1. The van der Waals surface area contributed by atoms with Crippen LogP contribution in [0.5, 0.6) is 0 Å². The number of esters is 1. The minimum atomic E-state index is -1.06. The lowest BCUT2D eigenvalue weighted by Gasteiger charge is -2.35. The second-order valence-corrected chi connectivity index (χ2v) is 4.43. The first-order valence-corrected chi connectivity index (χ1v) is 5.22. The van der Waals surface area contributed by atoms with Crippen molar-refractivity contribution in [2.45, 2.75) is 30.7 Å². The fourth-order valence-corrected chi connectivity index (χ4v) is 2.40. The fourth-order valence-electron chi connectivity index (χ4n) is 2.01. The van der Waals surface area contributed by atoms with Crippen molar-refractivity contribution in [2.75, 3.05) is 0 Å². The lowest BCUT2D eigenvalue weighted by molar-refractivity contribution is -0.183. The summed E-state index contributed by atoms with van der Waals surface area (Å²) >= 11 is 4.14.